The summed E-state index contributed by atoms with van der Waals surface area (Å²) in [6.45, 7) is 6.84. The van der Waals surface area contributed by atoms with Gasteiger partial charge < -0.3 is 15.3 Å². The topological polar surface area (TPSA) is 78.4 Å². The second-order valence-electron chi connectivity index (χ2n) is 6.10. The van der Waals surface area contributed by atoms with Gasteiger partial charge in [-0.25, -0.2) is 14.8 Å². The minimum absolute atomic E-state index is 0.0675. The predicted molar refractivity (Wildman–Crippen MR) is 81.8 cm³/mol. The van der Waals surface area contributed by atoms with Gasteiger partial charge in [0.2, 0.25) is 0 Å². The normalized spacial score (nSPS) is 19.7. The molecule has 1 unspecified atom stereocenters. The lowest BCUT2D eigenvalue weighted by atomic mass is 9.98. The van der Waals surface area contributed by atoms with Crippen LogP contribution in [0.4, 0.5) is 5.69 Å². The molecular weight excluding hydrogens is 268 g/mol. The number of aromatic nitrogens is 2. The molecule has 1 atom stereocenters. The zero-order valence-corrected chi connectivity index (χ0v) is 13.0. The standard InChI is InChI=1S/C15H24N4O2/c1-10(2)14-17-8-12(13(18-14)15(20)21)16-7-11-5-4-6-19(3)9-11/h8,10-11,16H,4-7,9H2,1-3H3,(H,20,21). The first-order valence-corrected chi connectivity index (χ1v) is 7.50. The Morgan fingerprint density at radius 1 is 1.57 bits per heavy atom. The second-order valence-corrected chi connectivity index (χ2v) is 6.10. The summed E-state index contributed by atoms with van der Waals surface area (Å²) in [4.78, 5) is 22.1. The van der Waals surface area contributed by atoms with Gasteiger partial charge in [0, 0.05) is 19.0 Å². The molecule has 0 bridgehead atoms. The van der Waals surface area contributed by atoms with Gasteiger partial charge in [-0.1, -0.05) is 13.8 Å². The van der Waals surface area contributed by atoms with E-state index in [4.69, 9.17) is 0 Å². The number of carboxylic acid groups (broad SMARTS) is 1. The number of hydrogen-bond donors (Lipinski definition) is 2. The van der Waals surface area contributed by atoms with Crippen molar-refractivity contribution in [1.29, 1.82) is 0 Å². The maximum atomic E-state index is 11.4. The van der Waals surface area contributed by atoms with Crippen LogP contribution < -0.4 is 5.32 Å². The van der Waals surface area contributed by atoms with Crippen LogP contribution in [0, 0.1) is 5.92 Å². The quantitative estimate of drug-likeness (QED) is 0.865. The van der Waals surface area contributed by atoms with Gasteiger partial charge in [0.05, 0.1) is 11.9 Å². The maximum Gasteiger partial charge on any atom is 0.356 e. The molecule has 21 heavy (non-hydrogen) atoms. The fourth-order valence-electron chi connectivity index (χ4n) is 2.66. The Hall–Kier alpha value is -1.69. The number of likely N-dealkylation sites (tertiary alicyclic amines) is 1. The zero-order chi connectivity index (χ0) is 15.4. The molecular formula is C15H24N4O2. The number of nitrogens with zero attached hydrogens (tertiary/aromatic N) is 3. The summed E-state index contributed by atoms with van der Waals surface area (Å²) in [5.41, 5.74) is 0.581. The molecule has 2 rings (SSSR count). The number of hydrogen-bond acceptors (Lipinski definition) is 5. The van der Waals surface area contributed by atoms with E-state index < -0.39 is 5.97 Å². The second kappa shape index (κ2) is 6.85. The van der Waals surface area contributed by atoms with Crippen LogP contribution in [-0.2, 0) is 0 Å². The molecule has 0 aromatic carbocycles. The third-order valence-corrected chi connectivity index (χ3v) is 3.83. The van der Waals surface area contributed by atoms with Crippen LogP contribution in [0.5, 0.6) is 0 Å². The van der Waals surface area contributed by atoms with Crippen LogP contribution in [0.1, 0.15) is 48.9 Å². The highest BCUT2D eigenvalue weighted by molar-refractivity contribution is 5.91. The monoisotopic (exact) mass is 292 g/mol. The lowest BCUT2D eigenvalue weighted by Gasteiger charge is -2.30. The van der Waals surface area contributed by atoms with E-state index in [1.807, 2.05) is 13.8 Å². The maximum absolute atomic E-state index is 11.4. The van der Waals surface area contributed by atoms with E-state index >= 15 is 0 Å². The summed E-state index contributed by atoms with van der Waals surface area (Å²) in [7, 11) is 2.12. The van der Waals surface area contributed by atoms with Crippen LogP contribution in [0.3, 0.4) is 0 Å². The van der Waals surface area contributed by atoms with Crippen molar-refractivity contribution >= 4 is 11.7 Å². The van der Waals surface area contributed by atoms with Crippen molar-refractivity contribution in [1.82, 2.24) is 14.9 Å². The molecule has 1 aliphatic rings. The van der Waals surface area contributed by atoms with Crippen molar-refractivity contribution in [3.05, 3.63) is 17.7 Å². The van der Waals surface area contributed by atoms with E-state index in [1.54, 1.807) is 6.20 Å². The van der Waals surface area contributed by atoms with Gasteiger partial charge in [0.1, 0.15) is 5.82 Å². The Labute approximate surface area is 125 Å². The van der Waals surface area contributed by atoms with E-state index in [1.165, 1.54) is 12.8 Å². The highest BCUT2D eigenvalue weighted by atomic mass is 16.4. The van der Waals surface area contributed by atoms with E-state index in [2.05, 4.69) is 27.2 Å². The summed E-state index contributed by atoms with van der Waals surface area (Å²) in [5.74, 6) is 0.206. The fraction of sp³-hybridized carbons (Fsp3) is 0.667. The molecule has 0 aliphatic carbocycles. The molecule has 1 fully saturated rings. The molecule has 1 saturated heterocycles. The summed E-state index contributed by atoms with van der Waals surface area (Å²) >= 11 is 0. The average Bonchev–Trinajstić information content (AvgIpc) is 2.44. The first kappa shape index (κ1) is 15.7. The Balaban J connectivity index is 2.06. The van der Waals surface area contributed by atoms with Gasteiger partial charge in [0.25, 0.3) is 0 Å². The first-order valence-electron chi connectivity index (χ1n) is 7.50. The molecule has 6 nitrogen and oxygen atoms in total. The van der Waals surface area contributed by atoms with Crippen molar-refractivity contribution in [2.45, 2.75) is 32.6 Å². The number of aromatic carboxylic acids is 1. The lowest BCUT2D eigenvalue weighted by molar-refractivity contribution is 0.0691. The average molecular weight is 292 g/mol. The Bertz CT molecular complexity index is 504. The highest BCUT2D eigenvalue weighted by Gasteiger charge is 2.19. The highest BCUT2D eigenvalue weighted by Crippen LogP contribution is 2.19. The Morgan fingerprint density at radius 3 is 2.95 bits per heavy atom. The molecule has 116 valence electrons. The smallest absolute Gasteiger partial charge is 0.356 e. The molecule has 0 spiro atoms. The molecule has 1 aromatic heterocycles. The van der Waals surface area contributed by atoms with E-state index in [0.717, 1.165) is 19.6 Å². The van der Waals surface area contributed by atoms with Gasteiger partial charge >= 0.3 is 5.97 Å². The van der Waals surface area contributed by atoms with Crippen LogP contribution in [0.2, 0.25) is 0 Å². The van der Waals surface area contributed by atoms with Gasteiger partial charge in [-0.15, -0.1) is 0 Å². The number of carbonyl (C=O) groups is 1. The predicted octanol–water partition coefficient (Wildman–Crippen LogP) is 2.05. The van der Waals surface area contributed by atoms with Crippen molar-refractivity contribution in [3.8, 4) is 0 Å². The first-order chi connectivity index (χ1) is 9.97. The number of piperidine rings is 1. The van der Waals surface area contributed by atoms with Crippen LogP contribution in [-0.4, -0.2) is 52.6 Å². The number of nitrogens with one attached hydrogen (secondary N) is 1. The van der Waals surface area contributed by atoms with Crippen LogP contribution in [0.25, 0.3) is 0 Å². The molecule has 0 radical (unpaired) electrons. The lowest BCUT2D eigenvalue weighted by Crippen LogP contribution is -2.35. The third kappa shape index (κ3) is 4.14. The fourth-order valence-corrected chi connectivity index (χ4v) is 2.66. The van der Waals surface area contributed by atoms with Gasteiger partial charge in [-0.05, 0) is 32.4 Å². The molecule has 1 aromatic rings. The van der Waals surface area contributed by atoms with Crippen molar-refractivity contribution in [2.24, 2.45) is 5.92 Å². The van der Waals surface area contributed by atoms with E-state index in [0.29, 0.717) is 17.4 Å². The minimum Gasteiger partial charge on any atom is -0.476 e. The Morgan fingerprint density at radius 2 is 2.33 bits per heavy atom. The zero-order valence-electron chi connectivity index (χ0n) is 13.0. The SMILES string of the molecule is CC(C)c1ncc(NCC2CCCN(C)C2)c(C(=O)O)n1. The van der Waals surface area contributed by atoms with Crippen molar-refractivity contribution in [2.75, 3.05) is 32.0 Å². The summed E-state index contributed by atoms with van der Waals surface area (Å²) < 4.78 is 0. The molecule has 6 heteroatoms. The van der Waals surface area contributed by atoms with Crippen molar-refractivity contribution in [3.63, 3.8) is 0 Å². The third-order valence-electron chi connectivity index (χ3n) is 3.83. The van der Waals surface area contributed by atoms with Crippen LogP contribution >= 0.6 is 0 Å². The van der Waals surface area contributed by atoms with Gasteiger partial charge in [-0.3, -0.25) is 0 Å². The van der Waals surface area contributed by atoms with Gasteiger partial charge in [-0.2, -0.15) is 0 Å². The number of anilines is 1. The Kier molecular flexibility index (Phi) is 5.12. The molecule has 2 heterocycles. The summed E-state index contributed by atoms with van der Waals surface area (Å²) in [6, 6.07) is 0. The molecule has 0 amide bonds. The molecule has 1 aliphatic heterocycles. The molecule has 0 saturated carbocycles. The summed E-state index contributed by atoms with van der Waals surface area (Å²) in [5, 5.41) is 12.5. The van der Waals surface area contributed by atoms with Crippen LogP contribution in [0.15, 0.2) is 6.20 Å². The molecule has 2 N–H and O–H groups in total. The summed E-state index contributed by atoms with van der Waals surface area (Å²) in [6.07, 6.45) is 3.96. The largest absolute Gasteiger partial charge is 0.476 e. The van der Waals surface area contributed by atoms with Crippen molar-refractivity contribution < 1.29 is 9.90 Å². The van der Waals surface area contributed by atoms with E-state index in [-0.39, 0.29) is 11.6 Å². The number of rotatable bonds is 5. The number of carboxylic acids is 1. The van der Waals surface area contributed by atoms with E-state index in [9.17, 15) is 9.90 Å². The van der Waals surface area contributed by atoms with Gasteiger partial charge in [0.15, 0.2) is 5.69 Å². The minimum atomic E-state index is -1.01.